The van der Waals surface area contributed by atoms with Crippen molar-refractivity contribution in [2.45, 2.75) is 61.4 Å². The topological polar surface area (TPSA) is 85.4 Å². The van der Waals surface area contributed by atoms with E-state index >= 15 is 0 Å². The first kappa shape index (κ1) is 27.9. The van der Waals surface area contributed by atoms with E-state index in [9.17, 15) is 30.8 Å². The standard InChI is InChI=1S/C24H32F4N2O6S/c1-16-12-29(9-10-30(16)22(31)36-23(14-34-15-23)24(26,27)28)18-5-3-17(4-6-18)13-35-21-8-7-19(11-20(21)25)37(2,32)33/h7-8,11,16-18H,3-6,9-10,12-15H2,1-2H3/t16-,17?,18?/m1/s1. The molecule has 2 heterocycles. The van der Waals surface area contributed by atoms with E-state index in [2.05, 4.69) is 9.64 Å². The van der Waals surface area contributed by atoms with E-state index in [-0.39, 0.29) is 35.2 Å². The number of carbonyl (C=O) groups excluding carboxylic acids is 1. The summed E-state index contributed by atoms with van der Waals surface area (Å²) in [6.45, 7) is 2.12. The number of ether oxygens (including phenoxy) is 3. The van der Waals surface area contributed by atoms with Crippen LogP contribution in [0.3, 0.4) is 0 Å². The minimum atomic E-state index is -4.68. The Kier molecular flexibility index (Phi) is 7.97. The average molecular weight is 553 g/mol. The number of benzene rings is 1. The maximum atomic E-state index is 14.2. The number of carbonyl (C=O) groups is 1. The van der Waals surface area contributed by atoms with Crippen molar-refractivity contribution in [1.29, 1.82) is 0 Å². The zero-order valence-electron chi connectivity index (χ0n) is 20.8. The lowest BCUT2D eigenvalue weighted by molar-refractivity contribution is -0.333. The molecule has 8 nitrogen and oxygen atoms in total. The molecule has 0 unspecified atom stereocenters. The predicted molar refractivity (Wildman–Crippen MR) is 125 cm³/mol. The predicted octanol–water partition coefficient (Wildman–Crippen LogP) is 3.64. The summed E-state index contributed by atoms with van der Waals surface area (Å²) >= 11 is 0. The molecule has 0 aromatic heterocycles. The summed E-state index contributed by atoms with van der Waals surface area (Å²) in [6, 6.07) is 3.60. The van der Waals surface area contributed by atoms with Gasteiger partial charge in [0.25, 0.3) is 5.60 Å². The summed E-state index contributed by atoms with van der Waals surface area (Å²) in [4.78, 5) is 16.0. The minimum absolute atomic E-state index is 0.0205. The van der Waals surface area contributed by atoms with Crippen molar-refractivity contribution in [1.82, 2.24) is 9.80 Å². The number of rotatable bonds is 6. The van der Waals surface area contributed by atoms with Crippen LogP contribution in [-0.2, 0) is 19.3 Å². The molecule has 1 aliphatic carbocycles. The van der Waals surface area contributed by atoms with E-state index < -0.39 is 46.7 Å². The molecule has 1 atom stereocenters. The maximum Gasteiger partial charge on any atom is 0.433 e. The van der Waals surface area contributed by atoms with Crippen LogP contribution in [0.4, 0.5) is 22.4 Å². The fourth-order valence-electron chi connectivity index (χ4n) is 5.10. The molecule has 1 aromatic rings. The van der Waals surface area contributed by atoms with Crippen LogP contribution in [-0.4, -0.2) is 93.9 Å². The largest absolute Gasteiger partial charge is 0.490 e. The number of sulfone groups is 1. The molecule has 208 valence electrons. The Hall–Kier alpha value is -2.12. The normalized spacial score (nSPS) is 26.9. The number of hydrogen-bond donors (Lipinski definition) is 0. The number of nitrogens with zero attached hydrogens (tertiary/aromatic N) is 2. The summed E-state index contributed by atoms with van der Waals surface area (Å²) in [6.07, 6.45) is -1.15. The summed E-state index contributed by atoms with van der Waals surface area (Å²) in [5.41, 5.74) is -2.56. The van der Waals surface area contributed by atoms with Crippen LogP contribution in [0.2, 0.25) is 0 Å². The van der Waals surface area contributed by atoms with Crippen LogP contribution in [0.15, 0.2) is 23.1 Å². The highest BCUT2D eigenvalue weighted by Crippen LogP contribution is 2.40. The first-order valence-corrected chi connectivity index (χ1v) is 14.2. The molecule has 3 fully saturated rings. The van der Waals surface area contributed by atoms with Gasteiger partial charge in [-0.05, 0) is 56.7 Å². The zero-order chi connectivity index (χ0) is 27.0. The van der Waals surface area contributed by atoms with Gasteiger partial charge in [-0.15, -0.1) is 0 Å². The molecule has 3 aliphatic rings. The molecule has 0 N–H and O–H groups in total. The Bertz CT molecular complexity index is 1090. The molecule has 0 spiro atoms. The minimum Gasteiger partial charge on any atom is -0.490 e. The second-order valence-electron chi connectivity index (χ2n) is 10.2. The Morgan fingerprint density at radius 2 is 1.84 bits per heavy atom. The van der Waals surface area contributed by atoms with E-state index in [0.29, 0.717) is 19.7 Å². The van der Waals surface area contributed by atoms with Gasteiger partial charge >= 0.3 is 12.3 Å². The van der Waals surface area contributed by atoms with E-state index in [0.717, 1.165) is 38.0 Å². The van der Waals surface area contributed by atoms with Gasteiger partial charge in [-0.3, -0.25) is 4.90 Å². The van der Waals surface area contributed by atoms with Crippen LogP contribution >= 0.6 is 0 Å². The lowest BCUT2D eigenvalue weighted by Crippen LogP contribution is -2.65. The van der Waals surface area contributed by atoms with Gasteiger partial charge in [0.05, 0.1) is 24.7 Å². The molecule has 2 saturated heterocycles. The summed E-state index contributed by atoms with van der Waals surface area (Å²) in [5, 5.41) is 0. The fourth-order valence-corrected chi connectivity index (χ4v) is 5.73. The SMILES string of the molecule is C[C@@H]1CN(C2CCC(COc3ccc(S(C)(=O)=O)cc3F)CC2)CCN1C(=O)OC1(C(F)(F)F)COC1. The van der Waals surface area contributed by atoms with Gasteiger partial charge in [0, 0.05) is 38.0 Å². The molecule has 1 saturated carbocycles. The molecule has 4 rings (SSSR count). The van der Waals surface area contributed by atoms with Gasteiger partial charge in [-0.25, -0.2) is 17.6 Å². The van der Waals surface area contributed by atoms with Crippen molar-refractivity contribution in [3.63, 3.8) is 0 Å². The van der Waals surface area contributed by atoms with Gasteiger partial charge in [0.1, 0.15) is 0 Å². The van der Waals surface area contributed by atoms with Crippen LogP contribution in [0.25, 0.3) is 0 Å². The van der Waals surface area contributed by atoms with E-state index in [1.165, 1.54) is 17.0 Å². The molecule has 0 bridgehead atoms. The highest BCUT2D eigenvalue weighted by Gasteiger charge is 2.64. The van der Waals surface area contributed by atoms with E-state index in [1.54, 1.807) is 6.92 Å². The highest BCUT2D eigenvalue weighted by atomic mass is 32.2. The van der Waals surface area contributed by atoms with Gasteiger partial charge in [-0.1, -0.05) is 0 Å². The third-order valence-electron chi connectivity index (χ3n) is 7.50. The molecular formula is C24H32F4N2O6S. The fraction of sp³-hybridized carbons (Fsp3) is 0.708. The lowest BCUT2D eigenvalue weighted by atomic mass is 9.85. The number of amides is 1. The first-order chi connectivity index (χ1) is 17.3. The molecule has 0 radical (unpaired) electrons. The number of halogens is 4. The summed E-state index contributed by atoms with van der Waals surface area (Å²) in [5.74, 6) is -0.470. The molecule has 1 amide bonds. The lowest BCUT2D eigenvalue weighted by Gasteiger charge is -2.47. The van der Waals surface area contributed by atoms with Gasteiger partial charge in [-0.2, -0.15) is 13.2 Å². The second kappa shape index (κ2) is 10.6. The Labute approximate surface area is 213 Å². The zero-order valence-corrected chi connectivity index (χ0v) is 21.6. The smallest absolute Gasteiger partial charge is 0.433 e. The Morgan fingerprint density at radius 3 is 2.35 bits per heavy atom. The average Bonchev–Trinajstić information content (AvgIpc) is 2.79. The highest BCUT2D eigenvalue weighted by molar-refractivity contribution is 7.90. The third kappa shape index (κ3) is 6.14. The Morgan fingerprint density at radius 1 is 1.16 bits per heavy atom. The maximum absolute atomic E-state index is 14.2. The van der Waals surface area contributed by atoms with Crippen molar-refractivity contribution in [3.8, 4) is 5.75 Å². The molecule has 1 aromatic carbocycles. The van der Waals surface area contributed by atoms with Gasteiger partial charge < -0.3 is 19.1 Å². The van der Waals surface area contributed by atoms with E-state index in [1.807, 2.05) is 0 Å². The van der Waals surface area contributed by atoms with E-state index in [4.69, 9.17) is 9.47 Å². The molecule has 2 aliphatic heterocycles. The monoisotopic (exact) mass is 552 g/mol. The molecular weight excluding hydrogens is 520 g/mol. The van der Waals surface area contributed by atoms with Crippen LogP contribution in [0, 0.1) is 11.7 Å². The van der Waals surface area contributed by atoms with Crippen LogP contribution in [0.1, 0.15) is 32.6 Å². The summed E-state index contributed by atoms with van der Waals surface area (Å²) < 4.78 is 92.5. The van der Waals surface area contributed by atoms with Crippen molar-refractivity contribution in [2.24, 2.45) is 5.92 Å². The second-order valence-corrected chi connectivity index (χ2v) is 12.3. The van der Waals surface area contributed by atoms with Gasteiger partial charge in [0.15, 0.2) is 21.4 Å². The van der Waals surface area contributed by atoms with Crippen molar-refractivity contribution < 1.29 is 45.0 Å². The molecule has 13 heteroatoms. The van der Waals surface area contributed by atoms with Gasteiger partial charge in [0.2, 0.25) is 0 Å². The summed E-state index contributed by atoms with van der Waals surface area (Å²) in [7, 11) is -3.50. The van der Waals surface area contributed by atoms with Crippen LogP contribution in [0.5, 0.6) is 5.75 Å². The number of hydrogen-bond acceptors (Lipinski definition) is 7. The third-order valence-corrected chi connectivity index (χ3v) is 8.61. The Balaban J connectivity index is 1.23. The van der Waals surface area contributed by atoms with Crippen molar-refractivity contribution in [2.75, 3.05) is 45.7 Å². The molecule has 37 heavy (non-hydrogen) atoms. The first-order valence-electron chi connectivity index (χ1n) is 12.3. The van der Waals surface area contributed by atoms with Crippen molar-refractivity contribution in [3.05, 3.63) is 24.0 Å². The number of piperazine rings is 1. The number of alkyl halides is 3. The van der Waals surface area contributed by atoms with Crippen LogP contribution < -0.4 is 4.74 Å². The quantitative estimate of drug-likeness (QED) is 0.499. The van der Waals surface area contributed by atoms with Crippen molar-refractivity contribution >= 4 is 15.9 Å².